The molecule has 1 aliphatic heterocycles. The van der Waals surface area contributed by atoms with E-state index >= 15 is 0 Å². The van der Waals surface area contributed by atoms with Gasteiger partial charge in [-0.1, -0.05) is 30.3 Å². The van der Waals surface area contributed by atoms with Crippen LogP contribution in [0, 0.1) is 0 Å². The molecule has 2 aromatic rings. The van der Waals surface area contributed by atoms with Crippen LogP contribution in [0.25, 0.3) is 0 Å². The van der Waals surface area contributed by atoms with Crippen LogP contribution in [-0.2, 0) is 22.7 Å². The van der Waals surface area contributed by atoms with Crippen molar-refractivity contribution in [3.63, 3.8) is 0 Å². The van der Waals surface area contributed by atoms with Gasteiger partial charge in [0.15, 0.2) is 0 Å². The van der Waals surface area contributed by atoms with Crippen LogP contribution >= 0.6 is 0 Å². The molecule has 2 heterocycles. The van der Waals surface area contributed by atoms with E-state index < -0.39 is 0 Å². The van der Waals surface area contributed by atoms with Gasteiger partial charge in [-0.15, -0.1) is 0 Å². The third-order valence-corrected chi connectivity index (χ3v) is 4.64. The molecule has 1 aromatic heterocycles. The highest BCUT2D eigenvalue weighted by molar-refractivity contribution is 5.78. The molecule has 7 heteroatoms. The lowest BCUT2D eigenvalue weighted by atomic mass is 9.97. The molecule has 3 N–H and O–H groups in total. The second-order valence-electron chi connectivity index (χ2n) is 6.72. The van der Waals surface area contributed by atoms with Crippen molar-refractivity contribution in [2.45, 2.75) is 31.8 Å². The normalized spacial score (nSPS) is 17.8. The Kier molecular flexibility index (Phi) is 6.01. The molecule has 0 bridgehead atoms. The van der Waals surface area contributed by atoms with Crippen LogP contribution < -0.4 is 11.1 Å². The molecule has 1 saturated heterocycles. The lowest BCUT2D eigenvalue weighted by Crippen LogP contribution is -2.42. The minimum atomic E-state index is -0.378. The van der Waals surface area contributed by atoms with Gasteiger partial charge < -0.3 is 15.6 Å². The van der Waals surface area contributed by atoms with Crippen LogP contribution in [0.5, 0.6) is 0 Å². The molecule has 0 radical (unpaired) electrons. The predicted octanol–water partition coefficient (Wildman–Crippen LogP) is 0.864. The number of carbonyl (C=O) groups is 2. The zero-order valence-electron chi connectivity index (χ0n) is 14.8. The minimum absolute atomic E-state index is 0.0231. The summed E-state index contributed by atoms with van der Waals surface area (Å²) in [5, 5.41) is 2.97. The molecule has 7 nitrogen and oxygen atoms in total. The number of nitrogens with two attached hydrogens (primary N) is 1. The number of nitrogens with zero attached hydrogens (tertiary/aromatic N) is 3. The number of hydrogen-bond donors (Lipinski definition) is 2. The fourth-order valence-corrected chi connectivity index (χ4v) is 3.45. The Morgan fingerprint density at radius 2 is 2.04 bits per heavy atom. The van der Waals surface area contributed by atoms with E-state index in [4.69, 9.17) is 5.73 Å². The van der Waals surface area contributed by atoms with Crippen molar-refractivity contribution in [3.8, 4) is 0 Å². The Balaban J connectivity index is 1.53. The van der Waals surface area contributed by atoms with E-state index in [1.54, 1.807) is 12.4 Å². The van der Waals surface area contributed by atoms with Gasteiger partial charge in [0.2, 0.25) is 11.8 Å². The molecular formula is C19H25N5O2. The quantitative estimate of drug-likeness (QED) is 0.770. The number of rotatable bonds is 7. The van der Waals surface area contributed by atoms with E-state index in [9.17, 15) is 9.59 Å². The van der Waals surface area contributed by atoms with E-state index in [1.807, 2.05) is 34.9 Å². The number of aromatic nitrogens is 2. The van der Waals surface area contributed by atoms with Crippen LogP contribution in [0.3, 0.4) is 0 Å². The fourth-order valence-electron chi connectivity index (χ4n) is 3.45. The molecule has 2 amide bonds. The van der Waals surface area contributed by atoms with Crippen molar-refractivity contribution in [2.75, 3.05) is 19.6 Å². The first kappa shape index (κ1) is 18.1. The predicted molar refractivity (Wildman–Crippen MR) is 98.1 cm³/mol. The number of primary amides is 1. The molecule has 1 aromatic carbocycles. The number of imidazole rings is 1. The number of likely N-dealkylation sites (tertiary alicyclic amines) is 1. The standard InChI is InChI=1S/C19H25N5O2/c20-17(25)13-24-10-8-21-19(24)16-7-4-9-23(12-16)14-18(26)22-11-15-5-2-1-3-6-15/h1-3,5-6,8,10,16H,4,7,9,11-14H2,(H2,20,25)(H,22,26)/t16-/m1/s1. The van der Waals surface area contributed by atoms with Crippen LogP contribution in [0.15, 0.2) is 42.7 Å². The number of amides is 2. The van der Waals surface area contributed by atoms with Crippen LogP contribution in [-0.4, -0.2) is 45.9 Å². The highest BCUT2D eigenvalue weighted by atomic mass is 16.2. The molecule has 26 heavy (non-hydrogen) atoms. The molecule has 1 aliphatic rings. The fraction of sp³-hybridized carbons (Fsp3) is 0.421. The Bertz CT molecular complexity index is 743. The lowest BCUT2D eigenvalue weighted by molar-refractivity contribution is -0.122. The van der Waals surface area contributed by atoms with Gasteiger partial charge >= 0.3 is 0 Å². The maximum absolute atomic E-state index is 12.3. The summed E-state index contributed by atoms with van der Waals surface area (Å²) in [6.07, 6.45) is 5.48. The lowest BCUT2D eigenvalue weighted by Gasteiger charge is -2.32. The zero-order valence-corrected chi connectivity index (χ0v) is 14.8. The summed E-state index contributed by atoms with van der Waals surface area (Å²) in [6, 6.07) is 9.88. The average Bonchev–Trinajstić information content (AvgIpc) is 3.08. The number of carbonyl (C=O) groups excluding carboxylic acids is 2. The monoisotopic (exact) mass is 355 g/mol. The Hall–Kier alpha value is -2.67. The van der Waals surface area contributed by atoms with Crippen molar-refractivity contribution >= 4 is 11.8 Å². The molecule has 1 fully saturated rings. The zero-order chi connectivity index (χ0) is 18.4. The van der Waals surface area contributed by atoms with Gasteiger partial charge in [-0.05, 0) is 24.9 Å². The summed E-state index contributed by atoms with van der Waals surface area (Å²) in [4.78, 5) is 30.0. The topological polar surface area (TPSA) is 93.2 Å². The summed E-state index contributed by atoms with van der Waals surface area (Å²) in [5.74, 6) is 0.727. The van der Waals surface area contributed by atoms with Crippen molar-refractivity contribution in [1.29, 1.82) is 0 Å². The second-order valence-corrected chi connectivity index (χ2v) is 6.72. The van der Waals surface area contributed by atoms with E-state index in [2.05, 4.69) is 15.2 Å². The third kappa shape index (κ3) is 4.92. The van der Waals surface area contributed by atoms with Crippen molar-refractivity contribution in [3.05, 3.63) is 54.1 Å². The van der Waals surface area contributed by atoms with Crippen molar-refractivity contribution < 1.29 is 9.59 Å². The first-order valence-corrected chi connectivity index (χ1v) is 8.94. The molecule has 0 saturated carbocycles. The van der Waals surface area contributed by atoms with Crippen LogP contribution in [0.4, 0.5) is 0 Å². The maximum atomic E-state index is 12.3. The number of nitrogens with one attached hydrogen (secondary N) is 1. The number of benzene rings is 1. The van der Waals surface area contributed by atoms with E-state index in [0.29, 0.717) is 13.1 Å². The first-order valence-electron chi connectivity index (χ1n) is 8.94. The van der Waals surface area contributed by atoms with Gasteiger partial charge in [-0.3, -0.25) is 14.5 Å². The van der Waals surface area contributed by atoms with Crippen molar-refractivity contribution in [1.82, 2.24) is 19.8 Å². The Morgan fingerprint density at radius 3 is 2.81 bits per heavy atom. The largest absolute Gasteiger partial charge is 0.368 e. The summed E-state index contributed by atoms with van der Waals surface area (Å²) in [6.45, 7) is 2.71. The molecule has 0 spiro atoms. The minimum Gasteiger partial charge on any atom is -0.368 e. The molecule has 1 atom stereocenters. The van der Waals surface area contributed by atoms with Gasteiger partial charge in [0, 0.05) is 31.4 Å². The maximum Gasteiger partial charge on any atom is 0.237 e. The summed E-state index contributed by atoms with van der Waals surface area (Å²) >= 11 is 0. The van der Waals surface area contributed by atoms with Crippen LogP contribution in [0.2, 0.25) is 0 Å². The second kappa shape index (κ2) is 8.62. The first-order chi connectivity index (χ1) is 12.6. The average molecular weight is 355 g/mol. The van der Waals surface area contributed by atoms with Gasteiger partial charge in [-0.25, -0.2) is 4.98 Å². The number of hydrogen-bond acceptors (Lipinski definition) is 4. The van der Waals surface area contributed by atoms with E-state index in [0.717, 1.165) is 37.3 Å². The highest BCUT2D eigenvalue weighted by Crippen LogP contribution is 2.25. The van der Waals surface area contributed by atoms with Gasteiger partial charge in [0.1, 0.15) is 12.4 Å². The molecule has 138 valence electrons. The third-order valence-electron chi connectivity index (χ3n) is 4.64. The molecule has 0 unspecified atom stereocenters. The van der Waals surface area contributed by atoms with Gasteiger partial charge in [0.25, 0.3) is 0 Å². The summed E-state index contributed by atoms with van der Waals surface area (Å²) in [5.41, 5.74) is 6.39. The Morgan fingerprint density at radius 1 is 1.23 bits per heavy atom. The van der Waals surface area contributed by atoms with E-state index in [-0.39, 0.29) is 24.3 Å². The highest BCUT2D eigenvalue weighted by Gasteiger charge is 2.26. The molecule has 3 rings (SSSR count). The number of piperidine rings is 1. The van der Waals surface area contributed by atoms with Gasteiger partial charge in [-0.2, -0.15) is 0 Å². The Labute approximate surface area is 153 Å². The molecule has 0 aliphatic carbocycles. The smallest absolute Gasteiger partial charge is 0.237 e. The van der Waals surface area contributed by atoms with Crippen LogP contribution in [0.1, 0.15) is 30.1 Å². The summed E-state index contributed by atoms with van der Waals surface area (Å²) < 4.78 is 1.81. The van der Waals surface area contributed by atoms with E-state index in [1.165, 1.54) is 0 Å². The van der Waals surface area contributed by atoms with Gasteiger partial charge in [0.05, 0.1) is 6.54 Å². The van der Waals surface area contributed by atoms with Crippen molar-refractivity contribution in [2.24, 2.45) is 5.73 Å². The summed E-state index contributed by atoms with van der Waals surface area (Å²) in [7, 11) is 0. The molecular weight excluding hydrogens is 330 g/mol. The SMILES string of the molecule is NC(=O)Cn1ccnc1[C@@H]1CCCN(CC(=O)NCc2ccccc2)C1.